The van der Waals surface area contributed by atoms with Gasteiger partial charge in [-0.15, -0.1) is 5.10 Å². The lowest BCUT2D eigenvalue weighted by molar-refractivity contribution is 0.337. The standard InChI is InChI=1S/C6H11N5/c1-3-7-4-2-6(1)11-5-8-9-10-11/h5-7H,1-4H2. The Morgan fingerprint density at radius 3 is 2.82 bits per heavy atom. The molecule has 60 valence electrons. The number of hydrogen-bond donors (Lipinski definition) is 1. The highest BCUT2D eigenvalue weighted by Gasteiger charge is 2.14. The smallest absolute Gasteiger partial charge is 0.138 e. The second kappa shape index (κ2) is 2.96. The van der Waals surface area contributed by atoms with E-state index in [0.29, 0.717) is 6.04 Å². The fourth-order valence-corrected chi connectivity index (χ4v) is 1.41. The van der Waals surface area contributed by atoms with Gasteiger partial charge < -0.3 is 5.32 Å². The van der Waals surface area contributed by atoms with Gasteiger partial charge in [0.25, 0.3) is 0 Å². The fraction of sp³-hybridized carbons (Fsp3) is 0.833. The number of tetrazole rings is 1. The minimum atomic E-state index is 0.506. The third-order valence-corrected chi connectivity index (χ3v) is 2.05. The molecule has 1 aliphatic rings. The van der Waals surface area contributed by atoms with Crippen molar-refractivity contribution in [1.29, 1.82) is 0 Å². The molecule has 0 bridgehead atoms. The van der Waals surface area contributed by atoms with Crippen molar-refractivity contribution in [2.45, 2.75) is 18.9 Å². The van der Waals surface area contributed by atoms with E-state index in [1.807, 2.05) is 4.68 Å². The summed E-state index contributed by atoms with van der Waals surface area (Å²) in [5.74, 6) is 0. The van der Waals surface area contributed by atoms with Crippen LogP contribution in [-0.4, -0.2) is 33.3 Å². The zero-order valence-electron chi connectivity index (χ0n) is 6.27. The van der Waals surface area contributed by atoms with Crippen LogP contribution in [0, 0.1) is 0 Å². The summed E-state index contributed by atoms with van der Waals surface area (Å²) in [7, 11) is 0. The summed E-state index contributed by atoms with van der Waals surface area (Å²) >= 11 is 0. The monoisotopic (exact) mass is 153 g/mol. The number of rotatable bonds is 1. The number of aromatic nitrogens is 4. The maximum absolute atomic E-state index is 3.87. The van der Waals surface area contributed by atoms with Crippen LogP contribution in [0.15, 0.2) is 6.33 Å². The zero-order chi connectivity index (χ0) is 7.52. The second-order valence-electron chi connectivity index (χ2n) is 2.77. The molecule has 0 aliphatic carbocycles. The lowest BCUT2D eigenvalue weighted by Gasteiger charge is -2.21. The normalized spacial score (nSPS) is 20.4. The highest BCUT2D eigenvalue weighted by molar-refractivity contribution is 4.72. The van der Waals surface area contributed by atoms with Gasteiger partial charge in [-0.25, -0.2) is 4.68 Å². The first-order valence-corrected chi connectivity index (χ1v) is 3.90. The summed E-state index contributed by atoms with van der Waals surface area (Å²) in [5, 5.41) is 14.4. The first-order chi connectivity index (χ1) is 5.47. The Hall–Kier alpha value is -0.970. The molecule has 1 fully saturated rings. The van der Waals surface area contributed by atoms with E-state index in [-0.39, 0.29) is 0 Å². The van der Waals surface area contributed by atoms with Gasteiger partial charge in [0.1, 0.15) is 6.33 Å². The number of nitrogens with zero attached hydrogens (tertiary/aromatic N) is 4. The maximum Gasteiger partial charge on any atom is 0.138 e. The minimum absolute atomic E-state index is 0.506. The molecule has 1 aromatic rings. The van der Waals surface area contributed by atoms with Crippen molar-refractivity contribution < 1.29 is 0 Å². The highest BCUT2D eigenvalue weighted by Crippen LogP contribution is 2.15. The molecular formula is C6H11N5. The van der Waals surface area contributed by atoms with Crippen molar-refractivity contribution in [3.8, 4) is 0 Å². The van der Waals surface area contributed by atoms with E-state index in [1.165, 1.54) is 0 Å². The fourth-order valence-electron chi connectivity index (χ4n) is 1.41. The largest absolute Gasteiger partial charge is 0.317 e. The SMILES string of the molecule is c1nnnn1C1CCNCC1. The molecule has 5 heteroatoms. The van der Waals surface area contributed by atoms with Gasteiger partial charge in [0.15, 0.2) is 0 Å². The summed E-state index contributed by atoms with van der Waals surface area (Å²) in [6.07, 6.45) is 3.95. The van der Waals surface area contributed by atoms with Gasteiger partial charge >= 0.3 is 0 Å². The van der Waals surface area contributed by atoms with Gasteiger partial charge in [-0.1, -0.05) is 0 Å². The van der Waals surface area contributed by atoms with Crippen molar-refractivity contribution >= 4 is 0 Å². The van der Waals surface area contributed by atoms with Crippen molar-refractivity contribution in [3.63, 3.8) is 0 Å². The van der Waals surface area contributed by atoms with Crippen LogP contribution in [0.25, 0.3) is 0 Å². The van der Waals surface area contributed by atoms with E-state index in [2.05, 4.69) is 20.8 Å². The molecule has 1 saturated heterocycles. The molecule has 0 aromatic carbocycles. The Morgan fingerprint density at radius 1 is 1.36 bits per heavy atom. The minimum Gasteiger partial charge on any atom is -0.317 e. The van der Waals surface area contributed by atoms with Crippen LogP contribution in [0.1, 0.15) is 18.9 Å². The van der Waals surface area contributed by atoms with Crippen LogP contribution in [0.3, 0.4) is 0 Å². The molecule has 0 spiro atoms. The molecule has 0 atom stereocenters. The molecule has 1 aliphatic heterocycles. The van der Waals surface area contributed by atoms with Crippen molar-refractivity contribution in [1.82, 2.24) is 25.5 Å². The Morgan fingerprint density at radius 2 is 2.18 bits per heavy atom. The Kier molecular flexibility index (Phi) is 1.81. The van der Waals surface area contributed by atoms with E-state index in [1.54, 1.807) is 6.33 Å². The first-order valence-electron chi connectivity index (χ1n) is 3.90. The van der Waals surface area contributed by atoms with Crippen LogP contribution < -0.4 is 5.32 Å². The summed E-state index contributed by atoms with van der Waals surface area (Å²) < 4.78 is 1.85. The topological polar surface area (TPSA) is 55.6 Å². The van der Waals surface area contributed by atoms with Crippen LogP contribution in [0.2, 0.25) is 0 Å². The van der Waals surface area contributed by atoms with Gasteiger partial charge in [-0.3, -0.25) is 0 Å². The predicted octanol–water partition coefficient (Wildman–Crippen LogP) is -0.402. The lowest BCUT2D eigenvalue weighted by Crippen LogP contribution is -2.29. The Labute approximate surface area is 64.8 Å². The molecule has 1 N–H and O–H groups in total. The van der Waals surface area contributed by atoms with Gasteiger partial charge in [0, 0.05) is 0 Å². The molecular weight excluding hydrogens is 142 g/mol. The van der Waals surface area contributed by atoms with Crippen LogP contribution >= 0.6 is 0 Å². The third kappa shape index (κ3) is 1.37. The first kappa shape index (κ1) is 6.72. The summed E-state index contributed by atoms with van der Waals surface area (Å²) in [4.78, 5) is 0. The van der Waals surface area contributed by atoms with Crippen LogP contribution in [0.4, 0.5) is 0 Å². The van der Waals surface area contributed by atoms with E-state index >= 15 is 0 Å². The molecule has 2 heterocycles. The molecule has 1 aromatic heterocycles. The second-order valence-corrected chi connectivity index (χ2v) is 2.77. The predicted molar refractivity (Wildman–Crippen MR) is 39.0 cm³/mol. The van der Waals surface area contributed by atoms with Crippen LogP contribution in [0.5, 0.6) is 0 Å². The van der Waals surface area contributed by atoms with E-state index in [0.717, 1.165) is 25.9 Å². The molecule has 0 saturated carbocycles. The van der Waals surface area contributed by atoms with E-state index in [9.17, 15) is 0 Å². The van der Waals surface area contributed by atoms with Gasteiger partial charge in [0.05, 0.1) is 6.04 Å². The van der Waals surface area contributed by atoms with Crippen LogP contribution in [-0.2, 0) is 0 Å². The quantitative estimate of drug-likeness (QED) is 0.596. The zero-order valence-corrected chi connectivity index (χ0v) is 6.27. The average Bonchev–Trinajstić information content (AvgIpc) is 2.58. The Bertz CT molecular complexity index is 201. The average molecular weight is 153 g/mol. The Balaban J connectivity index is 2.04. The van der Waals surface area contributed by atoms with Gasteiger partial charge in [0.2, 0.25) is 0 Å². The molecule has 0 amide bonds. The van der Waals surface area contributed by atoms with Gasteiger partial charge in [-0.2, -0.15) is 0 Å². The summed E-state index contributed by atoms with van der Waals surface area (Å²) in [6, 6.07) is 0.506. The van der Waals surface area contributed by atoms with Crippen molar-refractivity contribution in [3.05, 3.63) is 6.33 Å². The van der Waals surface area contributed by atoms with E-state index < -0.39 is 0 Å². The molecule has 0 radical (unpaired) electrons. The summed E-state index contributed by atoms with van der Waals surface area (Å²) in [5.41, 5.74) is 0. The van der Waals surface area contributed by atoms with Crippen molar-refractivity contribution in [2.75, 3.05) is 13.1 Å². The number of hydrogen-bond acceptors (Lipinski definition) is 4. The molecule has 11 heavy (non-hydrogen) atoms. The van der Waals surface area contributed by atoms with E-state index in [4.69, 9.17) is 0 Å². The number of piperidine rings is 1. The summed E-state index contributed by atoms with van der Waals surface area (Å²) in [6.45, 7) is 2.15. The molecule has 0 unspecified atom stereocenters. The molecule has 5 nitrogen and oxygen atoms in total. The lowest BCUT2D eigenvalue weighted by atomic mass is 10.1. The van der Waals surface area contributed by atoms with Crippen molar-refractivity contribution in [2.24, 2.45) is 0 Å². The maximum atomic E-state index is 3.87. The third-order valence-electron chi connectivity index (χ3n) is 2.05. The number of nitrogens with one attached hydrogen (secondary N) is 1. The molecule has 2 rings (SSSR count). The highest BCUT2D eigenvalue weighted by atomic mass is 15.5. The van der Waals surface area contributed by atoms with Gasteiger partial charge in [-0.05, 0) is 36.4 Å².